The van der Waals surface area contributed by atoms with Gasteiger partial charge in [-0.05, 0) is 67.5 Å². The zero-order valence-electron chi connectivity index (χ0n) is 18.5. The zero-order valence-corrected chi connectivity index (χ0v) is 20.0. The van der Waals surface area contributed by atoms with Gasteiger partial charge >= 0.3 is 6.36 Å². The number of aliphatic imine (C=N–C) groups is 1. The summed E-state index contributed by atoms with van der Waals surface area (Å²) >= 11 is 3.28. The van der Waals surface area contributed by atoms with Gasteiger partial charge in [-0.1, -0.05) is 15.9 Å². The van der Waals surface area contributed by atoms with Crippen molar-refractivity contribution in [3.63, 3.8) is 0 Å². The lowest BCUT2D eigenvalue weighted by Crippen LogP contribution is -2.49. The van der Waals surface area contributed by atoms with Crippen molar-refractivity contribution in [3.8, 4) is 5.75 Å². The van der Waals surface area contributed by atoms with Gasteiger partial charge in [0.25, 0.3) is 5.91 Å². The van der Waals surface area contributed by atoms with E-state index in [0.29, 0.717) is 53.1 Å². The summed E-state index contributed by atoms with van der Waals surface area (Å²) in [7, 11) is 0. The Hall–Kier alpha value is -2.66. The Kier molecular flexibility index (Phi) is 6.03. The van der Waals surface area contributed by atoms with Crippen molar-refractivity contribution in [2.24, 2.45) is 4.99 Å². The molecule has 1 amide bonds. The first kappa shape index (κ1) is 24.1. The lowest BCUT2D eigenvalue weighted by molar-refractivity contribution is -0.274. The van der Waals surface area contributed by atoms with Gasteiger partial charge < -0.3 is 20.1 Å². The van der Waals surface area contributed by atoms with Crippen LogP contribution in [0.1, 0.15) is 48.3 Å². The smallest absolute Gasteiger partial charge is 0.406 e. The third kappa shape index (κ3) is 4.75. The topological polar surface area (TPSA) is 74.2 Å². The minimum absolute atomic E-state index is 0.100. The number of amidine groups is 1. The van der Waals surface area contributed by atoms with Crippen LogP contribution < -0.4 is 15.0 Å². The summed E-state index contributed by atoms with van der Waals surface area (Å²) in [6.07, 6.45) is -2.35. The molecule has 0 bridgehead atoms. The minimum Gasteiger partial charge on any atom is -0.406 e. The van der Waals surface area contributed by atoms with Crippen LogP contribution in [-0.4, -0.2) is 41.8 Å². The van der Waals surface area contributed by atoms with E-state index in [2.05, 4.69) is 26.0 Å². The fraction of sp³-hybridized carbons (Fsp3) is 0.417. The molecule has 2 aliphatic heterocycles. The Morgan fingerprint density at radius 1 is 1.20 bits per heavy atom. The molecule has 2 N–H and O–H groups in total. The van der Waals surface area contributed by atoms with Crippen LogP contribution in [0.3, 0.4) is 0 Å². The molecule has 5 rings (SSSR count). The molecular weight excluding hydrogens is 534 g/mol. The standard InChI is InChI=1S/C24H22BrF4N3O3/c25-14-9-19(26)18(12-33)20(10-14)32-7-5-23(6-8-32)22(34)30-21(31-23)16-4-3-15(35-24(27,28)29)11-17(16)13-1-2-13/h3-4,9-11,13,33H,1-2,5-8,12H2,(H,30,31,34). The van der Waals surface area contributed by atoms with Gasteiger partial charge in [0.2, 0.25) is 0 Å². The number of aliphatic hydroxyl groups excluding tert-OH is 1. The van der Waals surface area contributed by atoms with Crippen molar-refractivity contribution in [2.45, 2.75) is 50.1 Å². The molecular formula is C24H22BrF4N3O3. The van der Waals surface area contributed by atoms with Crippen LogP contribution in [0.4, 0.5) is 23.2 Å². The van der Waals surface area contributed by atoms with Crippen molar-refractivity contribution in [2.75, 3.05) is 18.0 Å². The number of amides is 1. The molecule has 2 aromatic carbocycles. The highest BCUT2D eigenvalue weighted by atomic mass is 79.9. The molecule has 0 unspecified atom stereocenters. The van der Waals surface area contributed by atoms with E-state index in [9.17, 15) is 27.5 Å². The maximum Gasteiger partial charge on any atom is 0.573 e. The van der Waals surface area contributed by atoms with Gasteiger partial charge in [-0.3, -0.25) is 9.79 Å². The summed E-state index contributed by atoms with van der Waals surface area (Å²) in [5, 5.41) is 12.5. The van der Waals surface area contributed by atoms with Crippen LogP contribution >= 0.6 is 15.9 Å². The van der Waals surface area contributed by atoms with E-state index in [0.717, 1.165) is 12.8 Å². The Bertz CT molecular complexity index is 1210. The zero-order chi connectivity index (χ0) is 25.0. The first-order valence-electron chi connectivity index (χ1n) is 11.2. The number of rotatable bonds is 5. The van der Waals surface area contributed by atoms with Crippen LogP contribution in [0, 0.1) is 5.82 Å². The van der Waals surface area contributed by atoms with Gasteiger partial charge in [0, 0.05) is 34.4 Å². The molecule has 35 heavy (non-hydrogen) atoms. The van der Waals surface area contributed by atoms with Crippen molar-refractivity contribution >= 4 is 33.4 Å². The highest BCUT2D eigenvalue weighted by Crippen LogP contribution is 2.44. The van der Waals surface area contributed by atoms with Crippen LogP contribution in [0.2, 0.25) is 0 Å². The number of hydrogen-bond donors (Lipinski definition) is 2. The molecule has 1 aliphatic carbocycles. The second-order valence-electron chi connectivity index (χ2n) is 9.05. The lowest BCUT2D eigenvalue weighted by atomic mass is 9.87. The van der Waals surface area contributed by atoms with E-state index < -0.39 is 24.3 Å². The van der Waals surface area contributed by atoms with Gasteiger partial charge in [0.05, 0.1) is 6.61 Å². The fourth-order valence-corrected chi connectivity index (χ4v) is 5.23. The number of piperidine rings is 1. The average molecular weight is 556 g/mol. The number of nitrogens with one attached hydrogen (secondary N) is 1. The molecule has 11 heteroatoms. The molecule has 0 aromatic heterocycles. The number of nitrogens with zero attached hydrogens (tertiary/aromatic N) is 2. The predicted molar refractivity (Wildman–Crippen MR) is 124 cm³/mol. The number of anilines is 1. The summed E-state index contributed by atoms with van der Waals surface area (Å²) in [5.74, 6) is -0.609. The van der Waals surface area contributed by atoms with Gasteiger partial charge in [-0.15, -0.1) is 13.2 Å². The van der Waals surface area contributed by atoms with Crippen molar-refractivity contribution in [1.82, 2.24) is 5.32 Å². The maximum absolute atomic E-state index is 14.3. The van der Waals surface area contributed by atoms with E-state index in [1.165, 1.54) is 24.3 Å². The Labute approximate surface area is 207 Å². The molecule has 6 nitrogen and oxygen atoms in total. The predicted octanol–water partition coefficient (Wildman–Crippen LogP) is 4.77. The Morgan fingerprint density at radius 2 is 1.91 bits per heavy atom. The summed E-state index contributed by atoms with van der Waals surface area (Å²) < 4.78 is 57.0. The maximum atomic E-state index is 14.3. The van der Waals surface area contributed by atoms with Crippen molar-refractivity contribution < 1.29 is 32.2 Å². The van der Waals surface area contributed by atoms with Gasteiger partial charge in [-0.25, -0.2) is 4.39 Å². The van der Waals surface area contributed by atoms with E-state index in [1.54, 1.807) is 6.07 Å². The number of carbonyl (C=O) groups is 1. The van der Waals surface area contributed by atoms with Crippen molar-refractivity contribution in [3.05, 3.63) is 57.3 Å². The quantitative estimate of drug-likeness (QED) is 0.521. The van der Waals surface area contributed by atoms with Crippen LogP contribution in [-0.2, 0) is 11.4 Å². The number of halogens is 5. The minimum atomic E-state index is -4.79. The molecule has 186 valence electrons. The lowest BCUT2D eigenvalue weighted by Gasteiger charge is -2.37. The molecule has 2 aromatic rings. The van der Waals surface area contributed by atoms with Crippen LogP contribution in [0.25, 0.3) is 0 Å². The SMILES string of the molecule is O=C1NC(c2ccc(OC(F)(F)F)cc2C2CC2)=NC12CCN(c1cc(Br)cc(F)c1CO)CC2. The largest absolute Gasteiger partial charge is 0.573 e. The summed E-state index contributed by atoms with van der Waals surface area (Å²) in [4.78, 5) is 19.7. The molecule has 1 saturated carbocycles. The van der Waals surface area contributed by atoms with Gasteiger partial charge in [-0.2, -0.15) is 0 Å². The second kappa shape index (κ2) is 8.77. The summed E-state index contributed by atoms with van der Waals surface area (Å²) in [5.41, 5.74) is 1.04. The summed E-state index contributed by atoms with van der Waals surface area (Å²) in [6, 6.07) is 7.16. The Balaban J connectivity index is 1.40. The molecule has 2 heterocycles. The van der Waals surface area contributed by atoms with E-state index >= 15 is 0 Å². The van der Waals surface area contributed by atoms with Crippen molar-refractivity contribution in [1.29, 1.82) is 0 Å². The molecule has 1 saturated heterocycles. The normalized spacial score (nSPS) is 19.7. The number of ether oxygens (including phenoxy) is 1. The van der Waals surface area contributed by atoms with Gasteiger partial charge in [0.1, 0.15) is 22.9 Å². The number of hydrogen-bond acceptors (Lipinski definition) is 5. The van der Waals surface area contributed by atoms with Crippen LogP contribution in [0.15, 0.2) is 39.8 Å². The molecule has 3 aliphatic rings. The molecule has 1 spiro atoms. The third-order valence-electron chi connectivity index (χ3n) is 6.74. The first-order valence-corrected chi connectivity index (χ1v) is 12.0. The fourth-order valence-electron chi connectivity index (χ4n) is 4.81. The number of alkyl halides is 3. The van der Waals surface area contributed by atoms with Crippen LogP contribution in [0.5, 0.6) is 5.75 Å². The molecule has 2 fully saturated rings. The number of benzene rings is 2. The average Bonchev–Trinajstić information content (AvgIpc) is 3.58. The highest BCUT2D eigenvalue weighted by molar-refractivity contribution is 9.10. The number of carbonyl (C=O) groups excluding carboxylic acids is 1. The molecule has 0 atom stereocenters. The van der Waals surface area contributed by atoms with E-state index in [1.807, 2.05) is 4.90 Å². The second-order valence-corrected chi connectivity index (χ2v) is 9.96. The van der Waals surface area contributed by atoms with E-state index in [-0.39, 0.29) is 23.1 Å². The van der Waals surface area contributed by atoms with E-state index in [4.69, 9.17) is 4.99 Å². The highest BCUT2D eigenvalue weighted by Gasteiger charge is 2.47. The van der Waals surface area contributed by atoms with Gasteiger partial charge in [0.15, 0.2) is 0 Å². The third-order valence-corrected chi connectivity index (χ3v) is 7.19. The first-order chi connectivity index (χ1) is 16.6. The monoisotopic (exact) mass is 555 g/mol. The number of aliphatic hydroxyl groups is 1. The Morgan fingerprint density at radius 3 is 2.54 bits per heavy atom. The molecule has 0 radical (unpaired) electrons. The summed E-state index contributed by atoms with van der Waals surface area (Å²) in [6.45, 7) is 0.388.